The zero-order valence-corrected chi connectivity index (χ0v) is 15.3. The van der Waals surface area contributed by atoms with Crippen LogP contribution < -0.4 is 5.32 Å². The Kier molecular flexibility index (Phi) is 5.84. The molecule has 1 amide bonds. The van der Waals surface area contributed by atoms with Crippen LogP contribution in [0.4, 0.5) is 0 Å². The Morgan fingerprint density at radius 2 is 2.12 bits per heavy atom. The minimum absolute atomic E-state index is 0.0958. The van der Waals surface area contributed by atoms with Crippen LogP contribution in [-0.2, 0) is 32.6 Å². The first-order valence-electron chi connectivity index (χ1n) is 7.96. The lowest BCUT2D eigenvalue weighted by Crippen LogP contribution is -2.40. The number of aromatic nitrogens is 2. The van der Waals surface area contributed by atoms with Gasteiger partial charge in [-0.25, -0.2) is 8.42 Å². The van der Waals surface area contributed by atoms with E-state index in [2.05, 4.69) is 10.4 Å². The predicted molar refractivity (Wildman–Crippen MR) is 92.6 cm³/mol. The van der Waals surface area contributed by atoms with Gasteiger partial charge in [0, 0.05) is 43.3 Å². The molecule has 1 fully saturated rings. The molecule has 0 spiro atoms. The summed E-state index contributed by atoms with van der Waals surface area (Å²) in [4.78, 5) is 12.7. The van der Waals surface area contributed by atoms with Crippen molar-refractivity contribution in [2.75, 3.05) is 26.3 Å². The van der Waals surface area contributed by atoms with Crippen LogP contribution in [0, 0.1) is 0 Å². The molecular formula is C15H20N4O4S2. The van der Waals surface area contributed by atoms with E-state index in [1.54, 1.807) is 35.3 Å². The van der Waals surface area contributed by atoms with Gasteiger partial charge >= 0.3 is 0 Å². The SMILES string of the molecule is O=C(CCn1cccn1)NCc1ccc(S(=O)(=O)N2CCOCC2)s1. The van der Waals surface area contributed by atoms with Gasteiger partial charge in [-0.3, -0.25) is 9.48 Å². The lowest BCUT2D eigenvalue weighted by atomic mass is 10.4. The zero-order valence-electron chi connectivity index (χ0n) is 13.6. The second-order valence-corrected chi connectivity index (χ2v) is 8.87. The molecule has 0 unspecified atom stereocenters. The smallest absolute Gasteiger partial charge is 0.252 e. The van der Waals surface area contributed by atoms with E-state index >= 15 is 0 Å². The van der Waals surface area contributed by atoms with E-state index in [4.69, 9.17) is 4.74 Å². The summed E-state index contributed by atoms with van der Waals surface area (Å²) in [6.45, 7) is 2.42. The van der Waals surface area contributed by atoms with Gasteiger partial charge in [-0.2, -0.15) is 9.40 Å². The van der Waals surface area contributed by atoms with Crippen molar-refractivity contribution in [2.45, 2.75) is 23.7 Å². The van der Waals surface area contributed by atoms with Gasteiger partial charge < -0.3 is 10.1 Å². The minimum atomic E-state index is -3.47. The Bertz CT molecular complexity index is 795. The van der Waals surface area contributed by atoms with Crippen LogP contribution in [0.15, 0.2) is 34.8 Å². The van der Waals surface area contributed by atoms with Gasteiger partial charge in [0.2, 0.25) is 5.91 Å². The maximum absolute atomic E-state index is 12.6. The number of carbonyl (C=O) groups is 1. The quantitative estimate of drug-likeness (QED) is 0.757. The average Bonchev–Trinajstić information content (AvgIpc) is 3.31. The molecule has 0 radical (unpaired) electrons. The van der Waals surface area contributed by atoms with E-state index in [1.165, 1.54) is 15.6 Å². The molecule has 3 heterocycles. The molecule has 1 aliphatic heterocycles. The van der Waals surface area contributed by atoms with E-state index in [9.17, 15) is 13.2 Å². The number of carbonyl (C=O) groups excluding carboxylic acids is 1. The Hall–Kier alpha value is -1.75. The summed E-state index contributed by atoms with van der Waals surface area (Å²) in [5, 5.41) is 6.85. The van der Waals surface area contributed by atoms with Crippen molar-refractivity contribution in [3.8, 4) is 0 Å². The topological polar surface area (TPSA) is 93.5 Å². The molecule has 0 saturated carbocycles. The zero-order chi connectivity index (χ0) is 17.7. The Morgan fingerprint density at radius 1 is 1.32 bits per heavy atom. The molecule has 8 nitrogen and oxygen atoms in total. The maximum atomic E-state index is 12.6. The molecule has 0 atom stereocenters. The van der Waals surface area contributed by atoms with Gasteiger partial charge in [0.25, 0.3) is 10.0 Å². The third-order valence-electron chi connectivity index (χ3n) is 3.79. The van der Waals surface area contributed by atoms with Crippen LogP contribution >= 0.6 is 11.3 Å². The van der Waals surface area contributed by atoms with Crippen LogP contribution in [0.5, 0.6) is 0 Å². The number of hydrogen-bond donors (Lipinski definition) is 1. The lowest BCUT2D eigenvalue weighted by Gasteiger charge is -2.25. The largest absolute Gasteiger partial charge is 0.379 e. The molecule has 10 heteroatoms. The van der Waals surface area contributed by atoms with Crippen LogP contribution in [-0.4, -0.2) is 54.7 Å². The molecule has 1 saturated heterocycles. The summed E-state index contributed by atoms with van der Waals surface area (Å²) in [6, 6.07) is 5.15. The minimum Gasteiger partial charge on any atom is -0.379 e. The molecule has 1 aliphatic rings. The standard InChI is InChI=1S/C15H20N4O4S2/c20-14(4-7-18-6-1-5-17-18)16-12-13-2-3-15(24-13)25(21,22)19-8-10-23-11-9-19/h1-3,5-6H,4,7-12H2,(H,16,20). The molecule has 1 N–H and O–H groups in total. The van der Waals surface area contributed by atoms with Crippen molar-refractivity contribution in [1.29, 1.82) is 0 Å². The van der Waals surface area contributed by atoms with E-state index in [1.807, 2.05) is 0 Å². The number of sulfonamides is 1. The molecule has 136 valence electrons. The first-order valence-corrected chi connectivity index (χ1v) is 10.2. The van der Waals surface area contributed by atoms with Crippen LogP contribution in [0.1, 0.15) is 11.3 Å². The van der Waals surface area contributed by atoms with Crippen molar-refractivity contribution in [3.63, 3.8) is 0 Å². The number of hydrogen-bond acceptors (Lipinski definition) is 6. The van der Waals surface area contributed by atoms with Crippen molar-refractivity contribution >= 4 is 27.3 Å². The van der Waals surface area contributed by atoms with Crippen LogP contribution in [0.3, 0.4) is 0 Å². The van der Waals surface area contributed by atoms with Gasteiger partial charge in [0.1, 0.15) is 4.21 Å². The Labute approximate surface area is 150 Å². The second-order valence-electron chi connectivity index (χ2n) is 5.53. The van der Waals surface area contributed by atoms with Crippen LogP contribution in [0.2, 0.25) is 0 Å². The summed E-state index contributed by atoms with van der Waals surface area (Å²) < 4.78 is 33.7. The number of thiophene rings is 1. The molecule has 0 bridgehead atoms. The summed E-state index contributed by atoms with van der Waals surface area (Å²) in [7, 11) is -3.47. The highest BCUT2D eigenvalue weighted by Crippen LogP contribution is 2.25. The van der Waals surface area contributed by atoms with Gasteiger partial charge in [-0.1, -0.05) is 0 Å². The highest BCUT2D eigenvalue weighted by molar-refractivity contribution is 7.91. The molecule has 3 rings (SSSR count). The van der Waals surface area contributed by atoms with E-state index < -0.39 is 10.0 Å². The summed E-state index contributed by atoms with van der Waals surface area (Å²) >= 11 is 1.19. The van der Waals surface area contributed by atoms with Crippen molar-refractivity contribution in [2.24, 2.45) is 0 Å². The van der Waals surface area contributed by atoms with E-state index in [0.717, 1.165) is 4.88 Å². The number of morpholine rings is 1. The fourth-order valence-electron chi connectivity index (χ4n) is 2.43. The van der Waals surface area contributed by atoms with Gasteiger partial charge in [-0.15, -0.1) is 11.3 Å². The molecule has 2 aromatic heterocycles. The first-order chi connectivity index (χ1) is 12.1. The van der Waals surface area contributed by atoms with Crippen LogP contribution in [0.25, 0.3) is 0 Å². The van der Waals surface area contributed by atoms with Gasteiger partial charge in [0.05, 0.1) is 19.8 Å². The maximum Gasteiger partial charge on any atom is 0.252 e. The fraction of sp³-hybridized carbons (Fsp3) is 0.467. The van der Waals surface area contributed by atoms with E-state index in [-0.39, 0.29) is 5.91 Å². The average molecular weight is 384 g/mol. The first kappa shape index (κ1) is 18.1. The molecular weight excluding hydrogens is 364 g/mol. The molecule has 0 aromatic carbocycles. The normalized spacial score (nSPS) is 16.0. The summed E-state index contributed by atoms with van der Waals surface area (Å²) in [5.41, 5.74) is 0. The number of nitrogens with one attached hydrogen (secondary N) is 1. The number of aryl methyl sites for hydroxylation is 1. The van der Waals surface area contributed by atoms with Gasteiger partial charge in [0.15, 0.2) is 0 Å². The van der Waals surface area contributed by atoms with Crippen molar-refractivity contribution in [3.05, 3.63) is 35.5 Å². The Morgan fingerprint density at radius 3 is 2.84 bits per heavy atom. The summed E-state index contributed by atoms with van der Waals surface area (Å²) in [5.74, 6) is -0.0958. The fourth-order valence-corrected chi connectivity index (χ4v) is 5.29. The molecule has 2 aromatic rings. The molecule has 25 heavy (non-hydrogen) atoms. The van der Waals surface area contributed by atoms with Gasteiger partial charge in [-0.05, 0) is 18.2 Å². The second kappa shape index (κ2) is 8.09. The number of rotatable bonds is 7. The van der Waals surface area contributed by atoms with Crippen molar-refractivity contribution in [1.82, 2.24) is 19.4 Å². The number of nitrogens with zero attached hydrogens (tertiary/aromatic N) is 3. The number of amides is 1. The predicted octanol–water partition coefficient (Wildman–Crippen LogP) is 0.672. The third-order valence-corrected chi connectivity index (χ3v) is 7.24. The Balaban J connectivity index is 1.51. The lowest BCUT2D eigenvalue weighted by molar-refractivity contribution is -0.121. The molecule has 0 aliphatic carbocycles. The highest BCUT2D eigenvalue weighted by atomic mass is 32.2. The van der Waals surface area contributed by atoms with Crippen molar-refractivity contribution < 1.29 is 17.9 Å². The third kappa shape index (κ3) is 4.66. The highest BCUT2D eigenvalue weighted by Gasteiger charge is 2.27. The monoisotopic (exact) mass is 384 g/mol. The van der Waals surface area contributed by atoms with E-state index in [0.29, 0.717) is 50.0 Å². The summed E-state index contributed by atoms with van der Waals surface area (Å²) in [6.07, 6.45) is 3.79. The number of ether oxygens (including phenoxy) is 1.